The summed E-state index contributed by atoms with van der Waals surface area (Å²) >= 11 is 6.06. The molecule has 19 heavy (non-hydrogen) atoms. The summed E-state index contributed by atoms with van der Waals surface area (Å²) in [5, 5.41) is 9.09. The Balaban J connectivity index is 3.21. The number of carbonyl (C=O) groups is 2. The van der Waals surface area contributed by atoms with Crippen molar-refractivity contribution < 1.29 is 14.7 Å². The summed E-state index contributed by atoms with van der Waals surface area (Å²) in [5.74, 6) is -1.53. The van der Waals surface area contributed by atoms with Crippen LogP contribution in [0.5, 0.6) is 0 Å². The lowest BCUT2D eigenvalue weighted by Gasteiger charge is -2.23. The summed E-state index contributed by atoms with van der Waals surface area (Å²) in [4.78, 5) is 23.4. The molecule has 0 spiro atoms. The number of carbonyl (C=O) groups excluding carboxylic acids is 1. The highest BCUT2D eigenvalue weighted by molar-refractivity contribution is 6.32. The van der Waals surface area contributed by atoms with Crippen LogP contribution < -0.4 is 10.6 Å². The highest BCUT2D eigenvalue weighted by Gasteiger charge is 2.12. The second-order valence-corrected chi connectivity index (χ2v) is 4.23. The van der Waals surface area contributed by atoms with Crippen molar-refractivity contribution in [1.82, 2.24) is 0 Å². The predicted octanol–water partition coefficient (Wildman–Crippen LogP) is 1.75. The Hall–Kier alpha value is -2.01. The molecule has 0 aliphatic carbocycles. The van der Waals surface area contributed by atoms with Gasteiger partial charge in [-0.25, -0.2) is 4.79 Å². The number of likely N-dealkylation sites (N-methyl/N-ethyl adjacent to an activating group) is 1. The van der Waals surface area contributed by atoms with Crippen molar-refractivity contribution in [2.75, 3.05) is 18.0 Å². The zero-order valence-corrected chi connectivity index (χ0v) is 11.2. The third-order valence-electron chi connectivity index (χ3n) is 2.49. The van der Waals surface area contributed by atoms with Gasteiger partial charge in [-0.05, 0) is 25.1 Å². The largest absolute Gasteiger partial charge is 0.478 e. The summed E-state index contributed by atoms with van der Waals surface area (Å²) in [5.41, 5.74) is 6.41. The second-order valence-electron chi connectivity index (χ2n) is 3.82. The number of rotatable bonds is 6. The normalized spacial score (nSPS) is 10.6. The van der Waals surface area contributed by atoms with Crippen molar-refractivity contribution in [3.8, 4) is 0 Å². The van der Waals surface area contributed by atoms with Gasteiger partial charge in [0.25, 0.3) is 0 Å². The van der Waals surface area contributed by atoms with E-state index in [1.807, 2.05) is 6.92 Å². The first kappa shape index (κ1) is 15.0. The first-order valence-electron chi connectivity index (χ1n) is 5.68. The van der Waals surface area contributed by atoms with Gasteiger partial charge in [0.15, 0.2) is 0 Å². The van der Waals surface area contributed by atoms with Crippen LogP contribution >= 0.6 is 11.6 Å². The summed E-state index contributed by atoms with van der Waals surface area (Å²) in [6.45, 7) is 2.47. The maximum atomic E-state index is 11.0. The zero-order valence-electron chi connectivity index (χ0n) is 10.5. The summed E-state index contributed by atoms with van der Waals surface area (Å²) in [6.07, 6.45) is 2.41. The highest BCUT2D eigenvalue weighted by Crippen LogP contribution is 2.28. The molecular formula is C13H15ClN2O3. The van der Waals surface area contributed by atoms with Gasteiger partial charge in [-0.2, -0.15) is 0 Å². The molecule has 0 saturated carbocycles. The molecule has 102 valence electrons. The molecule has 0 aliphatic heterocycles. The van der Waals surface area contributed by atoms with Gasteiger partial charge >= 0.3 is 5.97 Å². The van der Waals surface area contributed by atoms with Crippen LogP contribution in [0.3, 0.4) is 0 Å². The number of carboxylic acid groups (broad SMARTS) is 1. The quantitative estimate of drug-likeness (QED) is 0.779. The average molecular weight is 283 g/mol. The molecule has 0 atom stereocenters. The third kappa shape index (κ3) is 4.30. The molecule has 6 heteroatoms. The van der Waals surface area contributed by atoms with Gasteiger partial charge in [0, 0.05) is 28.9 Å². The van der Waals surface area contributed by atoms with E-state index < -0.39 is 11.9 Å². The lowest BCUT2D eigenvalue weighted by Crippen LogP contribution is -2.34. The molecular weight excluding hydrogens is 268 g/mol. The van der Waals surface area contributed by atoms with E-state index in [4.69, 9.17) is 22.4 Å². The van der Waals surface area contributed by atoms with E-state index in [0.29, 0.717) is 22.8 Å². The van der Waals surface area contributed by atoms with Crippen molar-refractivity contribution in [3.05, 3.63) is 34.9 Å². The molecule has 0 radical (unpaired) electrons. The number of nitrogens with two attached hydrogens (primary N) is 1. The van der Waals surface area contributed by atoms with Gasteiger partial charge in [0.05, 0.1) is 6.54 Å². The van der Waals surface area contributed by atoms with E-state index in [1.54, 1.807) is 23.1 Å². The first-order chi connectivity index (χ1) is 8.95. The van der Waals surface area contributed by atoms with Crippen LogP contribution in [-0.4, -0.2) is 30.1 Å². The predicted molar refractivity (Wildman–Crippen MR) is 75.2 cm³/mol. The molecule has 0 fully saturated rings. The van der Waals surface area contributed by atoms with Gasteiger partial charge < -0.3 is 15.7 Å². The third-order valence-corrected chi connectivity index (χ3v) is 2.82. The molecule has 1 amide bonds. The smallest absolute Gasteiger partial charge is 0.328 e. The Bertz CT molecular complexity index is 515. The number of anilines is 1. The van der Waals surface area contributed by atoms with Gasteiger partial charge in [0.2, 0.25) is 5.91 Å². The lowest BCUT2D eigenvalue weighted by atomic mass is 10.1. The van der Waals surface area contributed by atoms with Crippen LogP contribution in [0.1, 0.15) is 12.5 Å². The van der Waals surface area contributed by atoms with Crippen LogP contribution in [0.15, 0.2) is 24.3 Å². The van der Waals surface area contributed by atoms with Crippen LogP contribution in [0.2, 0.25) is 5.02 Å². The van der Waals surface area contributed by atoms with Crippen molar-refractivity contribution >= 4 is 35.2 Å². The number of benzene rings is 1. The van der Waals surface area contributed by atoms with Crippen molar-refractivity contribution in [3.63, 3.8) is 0 Å². The van der Waals surface area contributed by atoms with E-state index in [9.17, 15) is 9.59 Å². The SMILES string of the molecule is CCN(CC(N)=O)c1cccc(Cl)c1/C=C/C(=O)O. The maximum absolute atomic E-state index is 11.0. The number of hydrogen-bond acceptors (Lipinski definition) is 3. The van der Waals surface area contributed by atoms with Crippen LogP contribution in [0.4, 0.5) is 5.69 Å². The number of amides is 1. The minimum atomic E-state index is -1.07. The minimum Gasteiger partial charge on any atom is -0.478 e. The second kappa shape index (κ2) is 6.80. The number of hydrogen-bond donors (Lipinski definition) is 2. The van der Waals surface area contributed by atoms with E-state index in [2.05, 4.69) is 0 Å². The topological polar surface area (TPSA) is 83.6 Å². The maximum Gasteiger partial charge on any atom is 0.328 e. The molecule has 0 aromatic heterocycles. The van der Waals surface area contributed by atoms with Crippen molar-refractivity contribution in [2.45, 2.75) is 6.92 Å². The Morgan fingerprint density at radius 3 is 2.68 bits per heavy atom. The zero-order chi connectivity index (χ0) is 14.4. The summed E-state index contributed by atoms with van der Waals surface area (Å²) in [6, 6.07) is 5.16. The fourth-order valence-corrected chi connectivity index (χ4v) is 1.91. The minimum absolute atomic E-state index is 0.0464. The number of nitrogens with zero attached hydrogens (tertiary/aromatic N) is 1. The molecule has 1 aromatic carbocycles. The highest BCUT2D eigenvalue weighted by atomic mass is 35.5. The van der Waals surface area contributed by atoms with E-state index in [0.717, 1.165) is 6.08 Å². The average Bonchev–Trinajstić information content (AvgIpc) is 2.33. The molecule has 0 heterocycles. The monoisotopic (exact) mass is 282 g/mol. The molecule has 0 aliphatic rings. The molecule has 0 bridgehead atoms. The standard InChI is InChI=1S/C13H15ClN2O3/c1-2-16(8-12(15)17)11-5-3-4-10(14)9(11)6-7-13(18)19/h3-7H,2,8H2,1H3,(H2,15,17)(H,18,19)/b7-6+. The van der Waals surface area contributed by atoms with Crippen LogP contribution in [0, 0.1) is 0 Å². The lowest BCUT2D eigenvalue weighted by molar-refractivity contribution is -0.131. The van der Waals surface area contributed by atoms with Gasteiger partial charge in [-0.3, -0.25) is 4.79 Å². The Kier molecular flexibility index (Phi) is 5.38. The number of carboxylic acids is 1. The Morgan fingerprint density at radius 2 is 2.16 bits per heavy atom. The number of primary amides is 1. The Labute approximate surface area is 116 Å². The van der Waals surface area contributed by atoms with E-state index in [1.165, 1.54) is 6.08 Å². The van der Waals surface area contributed by atoms with Gasteiger partial charge in [0.1, 0.15) is 0 Å². The number of halogens is 1. The molecule has 1 rings (SSSR count). The Morgan fingerprint density at radius 1 is 1.47 bits per heavy atom. The molecule has 1 aromatic rings. The first-order valence-corrected chi connectivity index (χ1v) is 6.06. The van der Waals surface area contributed by atoms with E-state index >= 15 is 0 Å². The van der Waals surface area contributed by atoms with Gasteiger partial charge in [-0.15, -0.1) is 0 Å². The molecule has 5 nitrogen and oxygen atoms in total. The molecule has 3 N–H and O–H groups in total. The van der Waals surface area contributed by atoms with E-state index in [-0.39, 0.29) is 6.54 Å². The summed E-state index contributed by atoms with van der Waals surface area (Å²) < 4.78 is 0. The fourth-order valence-electron chi connectivity index (χ4n) is 1.68. The van der Waals surface area contributed by atoms with Gasteiger partial charge in [-0.1, -0.05) is 17.7 Å². The molecule has 0 saturated heterocycles. The van der Waals surface area contributed by atoms with Crippen LogP contribution in [-0.2, 0) is 9.59 Å². The summed E-state index contributed by atoms with van der Waals surface area (Å²) in [7, 11) is 0. The molecule has 0 unspecified atom stereocenters. The van der Waals surface area contributed by atoms with Crippen molar-refractivity contribution in [1.29, 1.82) is 0 Å². The van der Waals surface area contributed by atoms with Crippen LogP contribution in [0.25, 0.3) is 6.08 Å². The number of aliphatic carboxylic acids is 1. The fraction of sp³-hybridized carbons (Fsp3) is 0.231. The van der Waals surface area contributed by atoms with Crippen molar-refractivity contribution in [2.24, 2.45) is 5.73 Å².